The maximum Gasteiger partial charge on any atom is 0.322 e. The Balaban J connectivity index is 1.92. The third kappa shape index (κ3) is 5.07. The van der Waals surface area contributed by atoms with Crippen molar-refractivity contribution < 1.29 is 18.0 Å². The Kier molecular flexibility index (Phi) is 6.45. The average Bonchev–Trinajstić information content (AvgIpc) is 2.83. The Morgan fingerprint density at radius 3 is 2.50 bits per heavy atom. The van der Waals surface area contributed by atoms with Crippen molar-refractivity contribution in [2.75, 3.05) is 39.0 Å². The van der Waals surface area contributed by atoms with Gasteiger partial charge in [0, 0.05) is 26.2 Å². The lowest BCUT2D eigenvalue weighted by Gasteiger charge is -2.39. The summed E-state index contributed by atoms with van der Waals surface area (Å²) in [5, 5.41) is 8.27. The van der Waals surface area contributed by atoms with Gasteiger partial charge < -0.3 is 15.5 Å². The zero-order valence-corrected chi connectivity index (χ0v) is 16.3. The van der Waals surface area contributed by atoms with Gasteiger partial charge in [-0.15, -0.1) is 0 Å². The highest BCUT2D eigenvalue weighted by Crippen LogP contribution is 2.30. The van der Waals surface area contributed by atoms with E-state index in [0.717, 1.165) is 25.1 Å². The number of guanidine groups is 1. The summed E-state index contributed by atoms with van der Waals surface area (Å²) in [6.45, 7) is 6.43. The number of rotatable bonds is 6. The number of amides is 3. The minimum absolute atomic E-state index is 0.0555. The Morgan fingerprint density at radius 2 is 2.00 bits per heavy atom. The maximum absolute atomic E-state index is 12.1. The van der Waals surface area contributed by atoms with Crippen molar-refractivity contribution >= 4 is 27.9 Å². The number of urea groups is 1. The number of carbonyl (C=O) groups excluding carboxylic acids is 2. The molecule has 0 aromatic heterocycles. The van der Waals surface area contributed by atoms with Crippen LogP contribution < -0.4 is 20.7 Å². The Bertz CT molecular complexity index is 672. The average molecular weight is 388 g/mol. The molecule has 0 radical (unpaired) electrons. The molecule has 0 bridgehead atoms. The van der Waals surface area contributed by atoms with Crippen molar-refractivity contribution in [3.05, 3.63) is 0 Å². The molecule has 1 atom stereocenters. The van der Waals surface area contributed by atoms with E-state index in [0.29, 0.717) is 26.2 Å². The van der Waals surface area contributed by atoms with E-state index >= 15 is 0 Å². The fourth-order valence-electron chi connectivity index (χ4n) is 3.33. The number of carbonyl (C=O) groups is 2. The van der Waals surface area contributed by atoms with Crippen LogP contribution in [0.1, 0.15) is 26.7 Å². The molecule has 2 aliphatic heterocycles. The highest BCUT2D eigenvalue weighted by Gasteiger charge is 2.48. The molecule has 10 nitrogen and oxygen atoms in total. The van der Waals surface area contributed by atoms with Gasteiger partial charge in [-0.2, -0.15) is 0 Å². The van der Waals surface area contributed by atoms with E-state index in [9.17, 15) is 18.0 Å². The molecule has 2 aliphatic rings. The van der Waals surface area contributed by atoms with E-state index in [2.05, 4.69) is 30.6 Å². The fourth-order valence-corrected chi connectivity index (χ4v) is 3.79. The van der Waals surface area contributed by atoms with E-state index < -0.39 is 21.6 Å². The third-order valence-electron chi connectivity index (χ3n) is 4.76. The zero-order chi connectivity index (χ0) is 19.4. The molecule has 0 aromatic rings. The minimum Gasteiger partial charge on any atom is -0.357 e. The lowest BCUT2D eigenvalue weighted by Crippen LogP contribution is -2.55. The topological polar surface area (TPSA) is 132 Å². The molecule has 0 saturated carbocycles. The summed E-state index contributed by atoms with van der Waals surface area (Å²) in [7, 11) is -3.22. The molecule has 2 fully saturated rings. The second kappa shape index (κ2) is 8.21. The molecule has 4 N–H and O–H groups in total. The van der Waals surface area contributed by atoms with Crippen LogP contribution in [0.2, 0.25) is 0 Å². The predicted octanol–water partition coefficient (Wildman–Crippen LogP) is -1.19. The molecular formula is C15H28N6O4S. The van der Waals surface area contributed by atoms with Gasteiger partial charge in [-0.25, -0.2) is 17.9 Å². The van der Waals surface area contributed by atoms with Gasteiger partial charge in [0.1, 0.15) is 5.54 Å². The number of nitrogens with one attached hydrogen (secondary N) is 4. The maximum atomic E-state index is 12.1. The first-order chi connectivity index (χ1) is 12.2. The van der Waals surface area contributed by atoms with Crippen LogP contribution in [0.25, 0.3) is 0 Å². The van der Waals surface area contributed by atoms with Crippen LogP contribution in [0.15, 0.2) is 4.99 Å². The van der Waals surface area contributed by atoms with Crippen LogP contribution in [0, 0.1) is 5.92 Å². The monoisotopic (exact) mass is 388 g/mol. The van der Waals surface area contributed by atoms with Gasteiger partial charge in [-0.05, 0) is 32.6 Å². The summed E-state index contributed by atoms with van der Waals surface area (Å²) in [4.78, 5) is 30.1. The number of hydrogen-bond acceptors (Lipinski definition) is 5. The number of nitrogens with zero attached hydrogens (tertiary/aromatic N) is 2. The van der Waals surface area contributed by atoms with Crippen LogP contribution in [0.4, 0.5) is 4.79 Å². The first kappa shape index (κ1) is 20.4. The van der Waals surface area contributed by atoms with Crippen LogP contribution in [0.3, 0.4) is 0 Å². The summed E-state index contributed by atoms with van der Waals surface area (Å²) < 4.78 is 24.6. The molecule has 2 heterocycles. The van der Waals surface area contributed by atoms with Crippen molar-refractivity contribution in [3.63, 3.8) is 0 Å². The van der Waals surface area contributed by atoms with Crippen molar-refractivity contribution in [1.82, 2.24) is 25.6 Å². The van der Waals surface area contributed by atoms with Crippen LogP contribution in [-0.2, 0) is 14.8 Å². The lowest BCUT2D eigenvalue weighted by molar-refractivity contribution is -0.125. The van der Waals surface area contributed by atoms with E-state index in [1.54, 1.807) is 6.92 Å². The SMILES string of the molecule is CCNC(=NCCNS(C)(=O)=O)N1CCC(C2(C)NC(=O)NC2=O)CC1. The van der Waals surface area contributed by atoms with E-state index in [1.807, 2.05) is 6.92 Å². The number of piperidine rings is 1. The standard InChI is InChI=1S/C15H28N6O4S/c1-4-16-13(17-7-8-18-26(3,24)25)21-9-5-11(6-10-21)15(2)12(22)19-14(23)20-15/h11,18H,4-10H2,1-3H3,(H,16,17)(H2,19,20,22,23). The van der Waals surface area contributed by atoms with Gasteiger partial charge in [0.2, 0.25) is 10.0 Å². The van der Waals surface area contributed by atoms with Gasteiger partial charge in [0.05, 0.1) is 12.8 Å². The van der Waals surface area contributed by atoms with Crippen LogP contribution in [0.5, 0.6) is 0 Å². The van der Waals surface area contributed by atoms with E-state index in [-0.39, 0.29) is 18.4 Å². The largest absolute Gasteiger partial charge is 0.357 e. The summed E-state index contributed by atoms with van der Waals surface area (Å²) >= 11 is 0. The predicted molar refractivity (Wildman–Crippen MR) is 98.2 cm³/mol. The molecule has 26 heavy (non-hydrogen) atoms. The van der Waals surface area contributed by atoms with Gasteiger partial charge in [-0.1, -0.05) is 0 Å². The quantitative estimate of drug-likeness (QED) is 0.196. The molecule has 2 rings (SSSR count). The molecule has 0 aliphatic carbocycles. The molecule has 1 unspecified atom stereocenters. The smallest absolute Gasteiger partial charge is 0.322 e. The molecule has 11 heteroatoms. The second-order valence-corrected chi connectivity index (χ2v) is 8.61. The van der Waals surface area contributed by atoms with E-state index in [1.165, 1.54) is 0 Å². The normalized spacial score (nSPS) is 25.2. The fraction of sp³-hybridized carbons (Fsp3) is 0.800. The number of aliphatic imine (C=N–C) groups is 1. The first-order valence-corrected chi connectivity index (χ1v) is 10.7. The molecule has 0 aromatic carbocycles. The van der Waals surface area contributed by atoms with Gasteiger partial charge in [-0.3, -0.25) is 15.1 Å². The second-order valence-electron chi connectivity index (χ2n) is 6.77. The molecule has 2 saturated heterocycles. The van der Waals surface area contributed by atoms with Crippen LogP contribution in [-0.4, -0.2) is 75.7 Å². The van der Waals surface area contributed by atoms with Crippen molar-refractivity contribution in [1.29, 1.82) is 0 Å². The van der Waals surface area contributed by atoms with Gasteiger partial charge in [0.25, 0.3) is 5.91 Å². The number of sulfonamides is 1. The van der Waals surface area contributed by atoms with Crippen LogP contribution >= 0.6 is 0 Å². The Morgan fingerprint density at radius 1 is 1.35 bits per heavy atom. The molecule has 0 spiro atoms. The number of likely N-dealkylation sites (tertiary alicyclic amines) is 1. The van der Waals surface area contributed by atoms with Crippen molar-refractivity contribution in [2.45, 2.75) is 32.2 Å². The third-order valence-corrected chi connectivity index (χ3v) is 5.48. The van der Waals surface area contributed by atoms with Crippen molar-refractivity contribution in [2.24, 2.45) is 10.9 Å². The lowest BCUT2D eigenvalue weighted by atomic mass is 9.79. The number of hydrogen-bond donors (Lipinski definition) is 4. The summed E-state index contributed by atoms with van der Waals surface area (Å²) in [6, 6.07) is -0.437. The Hall–Kier alpha value is -1.88. The van der Waals surface area contributed by atoms with Gasteiger partial charge in [0.15, 0.2) is 5.96 Å². The summed E-state index contributed by atoms with van der Waals surface area (Å²) in [5.41, 5.74) is -0.863. The summed E-state index contributed by atoms with van der Waals surface area (Å²) in [6.07, 6.45) is 2.61. The van der Waals surface area contributed by atoms with Gasteiger partial charge >= 0.3 is 6.03 Å². The molecular weight excluding hydrogens is 360 g/mol. The Labute approximate surface area is 154 Å². The minimum atomic E-state index is -3.22. The zero-order valence-electron chi connectivity index (χ0n) is 15.5. The highest BCUT2D eigenvalue weighted by atomic mass is 32.2. The van der Waals surface area contributed by atoms with Crippen molar-refractivity contribution in [3.8, 4) is 0 Å². The summed E-state index contributed by atoms with van der Waals surface area (Å²) in [5.74, 6) is 0.514. The van der Waals surface area contributed by atoms with E-state index in [4.69, 9.17) is 0 Å². The molecule has 148 valence electrons. The highest BCUT2D eigenvalue weighted by molar-refractivity contribution is 7.88. The molecule has 3 amide bonds. The first-order valence-electron chi connectivity index (χ1n) is 8.77. The number of imide groups is 1.